The van der Waals surface area contributed by atoms with Crippen LogP contribution in [0.1, 0.15) is 48.0 Å². The second kappa shape index (κ2) is 11.4. The Morgan fingerprint density at radius 3 is 2.69 bits per heavy atom. The molecule has 6 heteroatoms. The molecular weight excluding hydrogens is 400 g/mol. The fourth-order valence-corrected chi connectivity index (χ4v) is 4.84. The molecular formula is C26H36N4O2. The minimum Gasteiger partial charge on any atom is -0.391 e. The monoisotopic (exact) mass is 436 g/mol. The van der Waals surface area contributed by atoms with Crippen LogP contribution in [0.2, 0.25) is 0 Å². The molecule has 2 N–H and O–H groups in total. The summed E-state index contributed by atoms with van der Waals surface area (Å²) < 4.78 is 0. The number of carbonyl (C=O) groups excluding carboxylic acids is 1. The Hall–Kier alpha value is -2.44. The average Bonchev–Trinajstić information content (AvgIpc) is 2.84. The van der Waals surface area contributed by atoms with Crippen molar-refractivity contribution in [3.8, 4) is 0 Å². The molecule has 0 spiro atoms. The number of piperidine rings is 2. The number of carbonyl (C=O) groups is 1. The van der Waals surface area contributed by atoms with Gasteiger partial charge in [0.2, 0.25) is 0 Å². The van der Waals surface area contributed by atoms with Gasteiger partial charge in [0, 0.05) is 37.9 Å². The molecule has 1 aromatic carbocycles. The van der Waals surface area contributed by atoms with Gasteiger partial charge in [0.1, 0.15) is 5.82 Å². The first-order valence-electron chi connectivity index (χ1n) is 12.1. The van der Waals surface area contributed by atoms with Crippen LogP contribution in [0.25, 0.3) is 0 Å². The smallest absolute Gasteiger partial charge is 0.251 e. The van der Waals surface area contributed by atoms with Crippen LogP contribution in [0.3, 0.4) is 0 Å². The number of benzene rings is 1. The Balaban J connectivity index is 1.16. The first kappa shape index (κ1) is 22.7. The van der Waals surface area contributed by atoms with Crippen LogP contribution in [-0.4, -0.2) is 66.3 Å². The van der Waals surface area contributed by atoms with E-state index in [-0.39, 0.29) is 12.0 Å². The van der Waals surface area contributed by atoms with Crippen molar-refractivity contribution in [2.24, 2.45) is 5.92 Å². The van der Waals surface area contributed by atoms with Crippen molar-refractivity contribution >= 4 is 11.7 Å². The highest BCUT2D eigenvalue weighted by Gasteiger charge is 2.21. The first-order valence-corrected chi connectivity index (χ1v) is 12.1. The molecule has 4 rings (SSSR count). The van der Waals surface area contributed by atoms with Crippen molar-refractivity contribution in [2.45, 2.75) is 44.6 Å². The number of hydrogen-bond acceptors (Lipinski definition) is 5. The van der Waals surface area contributed by atoms with E-state index in [1.165, 1.54) is 31.2 Å². The van der Waals surface area contributed by atoms with E-state index in [2.05, 4.69) is 50.4 Å². The van der Waals surface area contributed by atoms with Crippen LogP contribution in [0, 0.1) is 5.92 Å². The number of aliphatic hydroxyl groups is 1. The van der Waals surface area contributed by atoms with Crippen LogP contribution in [-0.2, 0) is 6.42 Å². The lowest BCUT2D eigenvalue weighted by Gasteiger charge is -2.32. The molecule has 1 atom stereocenters. The normalized spacial score (nSPS) is 20.3. The number of aliphatic hydroxyl groups excluding tert-OH is 1. The van der Waals surface area contributed by atoms with Crippen molar-refractivity contribution in [3.05, 3.63) is 59.8 Å². The average molecular weight is 437 g/mol. The number of nitrogens with zero attached hydrogens (tertiary/aromatic N) is 3. The fourth-order valence-electron chi connectivity index (χ4n) is 4.84. The van der Waals surface area contributed by atoms with E-state index >= 15 is 0 Å². The molecule has 3 heterocycles. The summed E-state index contributed by atoms with van der Waals surface area (Å²) in [5.74, 6) is 1.53. The number of nitrogens with one attached hydrogen (secondary N) is 1. The molecule has 1 aromatic heterocycles. The SMILES string of the molecule is O=C(NCCN1CCC(CCc2ccccc2)CC1)c1ccnc(N2CCCC(O)C2)c1. The lowest BCUT2D eigenvalue weighted by Crippen LogP contribution is -2.40. The molecule has 2 aliphatic heterocycles. The summed E-state index contributed by atoms with van der Waals surface area (Å²) in [5, 5.41) is 13.0. The van der Waals surface area contributed by atoms with Crippen LogP contribution >= 0.6 is 0 Å². The van der Waals surface area contributed by atoms with E-state index < -0.39 is 0 Å². The standard InChI is InChI=1S/C26H36N4O2/c31-24-7-4-15-30(20-24)25-19-23(10-13-27-25)26(32)28-14-18-29-16-11-22(12-17-29)9-8-21-5-2-1-3-6-21/h1-3,5-6,10,13,19,22,24,31H,4,7-9,11-12,14-18,20H2,(H,28,32). The summed E-state index contributed by atoms with van der Waals surface area (Å²) in [4.78, 5) is 21.6. The molecule has 172 valence electrons. The summed E-state index contributed by atoms with van der Waals surface area (Å²) in [6, 6.07) is 14.4. The molecule has 0 aliphatic carbocycles. The Labute approximate surface area is 191 Å². The molecule has 0 bridgehead atoms. The fraction of sp³-hybridized carbons (Fsp3) is 0.538. The van der Waals surface area contributed by atoms with Crippen molar-refractivity contribution in [1.82, 2.24) is 15.2 Å². The van der Waals surface area contributed by atoms with Gasteiger partial charge in [-0.15, -0.1) is 0 Å². The molecule has 2 aliphatic rings. The van der Waals surface area contributed by atoms with E-state index in [1.54, 1.807) is 12.3 Å². The summed E-state index contributed by atoms with van der Waals surface area (Å²) in [6.07, 6.45) is 8.09. The van der Waals surface area contributed by atoms with Crippen LogP contribution in [0.4, 0.5) is 5.82 Å². The highest BCUT2D eigenvalue weighted by Crippen LogP contribution is 2.22. The van der Waals surface area contributed by atoms with E-state index in [1.807, 2.05) is 6.07 Å². The van der Waals surface area contributed by atoms with Gasteiger partial charge in [-0.3, -0.25) is 4.79 Å². The van der Waals surface area contributed by atoms with Gasteiger partial charge in [0.05, 0.1) is 6.10 Å². The van der Waals surface area contributed by atoms with Crippen LogP contribution in [0.15, 0.2) is 48.7 Å². The largest absolute Gasteiger partial charge is 0.391 e. The van der Waals surface area contributed by atoms with Crippen LogP contribution < -0.4 is 10.2 Å². The molecule has 1 unspecified atom stereocenters. The number of β-amino-alcohol motifs (C(OH)–C–C–N with tert-alkyl or cyclic N) is 1. The van der Waals surface area contributed by atoms with Gasteiger partial charge in [-0.25, -0.2) is 4.98 Å². The number of likely N-dealkylation sites (tertiary alicyclic amines) is 1. The quantitative estimate of drug-likeness (QED) is 0.666. The number of pyridine rings is 1. The van der Waals surface area contributed by atoms with Crippen molar-refractivity contribution < 1.29 is 9.90 Å². The summed E-state index contributed by atoms with van der Waals surface area (Å²) in [7, 11) is 0. The summed E-state index contributed by atoms with van der Waals surface area (Å²) in [6.45, 7) is 5.24. The topological polar surface area (TPSA) is 68.7 Å². The van der Waals surface area contributed by atoms with Crippen molar-refractivity contribution in [3.63, 3.8) is 0 Å². The minimum absolute atomic E-state index is 0.0519. The van der Waals surface area contributed by atoms with Gasteiger partial charge >= 0.3 is 0 Å². The zero-order valence-corrected chi connectivity index (χ0v) is 19.0. The van der Waals surface area contributed by atoms with Gasteiger partial charge in [0.25, 0.3) is 5.91 Å². The third-order valence-electron chi connectivity index (χ3n) is 6.83. The number of amides is 1. The van der Waals surface area contributed by atoms with Gasteiger partial charge in [-0.2, -0.15) is 0 Å². The van der Waals surface area contributed by atoms with Gasteiger partial charge in [-0.1, -0.05) is 30.3 Å². The maximum atomic E-state index is 12.6. The minimum atomic E-state index is -0.314. The number of anilines is 1. The molecule has 6 nitrogen and oxygen atoms in total. The van der Waals surface area contributed by atoms with E-state index in [4.69, 9.17) is 0 Å². The number of aryl methyl sites for hydroxylation is 1. The third-order valence-corrected chi connectivity index (χ3v) is 6.83. The molecule has 2 saturated heterocycles. The van der Waals surface area contributed by atoms with Gasteiger partial charge < -0.3 is 20.2 Å². The number of aromatic nitrogens is 1. The lowest BCUT2D eigenvalue weighted by molar-refractivity contribution is 0.0943. The Bertz CT molecular complexity index is 852. The predicted octanol–water partition coefficient (Wildman–Crippen LogP) is 3.12. The highest BCUT2D eigenvalue weighted by atomic mass is 16.3. The first-order chi connectivity index (χ1) is 15.7. The second-order valence-electron chi connectivity index (χ2n) is 9.21. The van der Waals surface area contributed by atoms with Crippen LogP contribution in [0.5, 0.6) is 0 Å². The Morgan fingerprint density at radius 2 is 1.91 bits per heavy atom. The molecule has 32 heavy (non-hydrogen) atoms. The van der Waals surface area contributed by atoms with Crippen molar-refractivity contribution in [1.29, 1.82) is 0 Å². The number of hydrogen-bond donors (Lipinski definition) is 2. The maximum Gasteiger partial charge on any atom is 0.251 e. The molecule has 0 radical (unpaired) electrons. The zero-order chi connectivity index (χ0) is 22.2. The van der Waals surface area contributed by atoms with Crippen molar-refractivity contribution in [2.75, 3.05) is 44.2 Å². The highest BCUT2D eigenvalue weighted by molar-refractivity contribution is 5.94. The summed E-state index contributed by atoms with van der Waals surface area (Å²) in [5.41, 5.74) is 2.07. The van der Waals surface area contributed by atoms with E-state index in [0.29, 0.717) is 18.7 Å². The maximum absolute atomic E-state index is 12.6. The molecule has 2 aromatic rings. The predicted molar refractivity (Wildman–Crippen MR) is 128 cm³/mol. The summed E-state index contributed by atoms with van der Waals surface area (Å²) >= 11 is 0. The van der Waals surface area contributed by atoms with Gasteiger partial charge in [-0.05, 0) is 75.2 Å². The van der Waals surface area contributed by atoms with E-state index in [9.17, 15) is 9.90 Å². The van der Waals surface area contributed by atoms with E-state index in [0.717, 1.165) is 50.8 Å². The Morgan fingerprint density at radius 1 is 1.09 bits per heavy atom. The molecule has 2 fully saturated rings. The molecule has 0 saturated carbocycles. The van der Waals surface area contributed by atoms with Gasteiger partial charge in [0.15, 0.2) is 0 Å². The third kappa shape index (κ3) is 6.53. The zero-order valence-electron chi connectivity index (χ0n) is 19.0. The number of rotatable bonds is 8. The molecule has 1 amide bonds. The lowest BCUT2D eigenvalue weighted by atomic mass is 9.90. The second-order valence-corrected chi connectivity index (χ2v) is 9.21. The Kier molecular flexibility index (Phi) is 8.13.